The van der Waals surface area contributed by atoms with Crippen molar-refractivity contribution in [2.24, 2.45) is 57.2 Å². The quantitative estimate of drug-likeness (QED) is 0.464. The van der Waals surface area contributed by atoms with Crippen LogP contribution in [-0.2, 0) is 4.79 Å². The van der Waals surface area contributed by atoms with Gasteiger partial charge in [-0.25, -0.2) is 0 Å². The number of hydrogen-bond donors (Lipinski definition) is 1. The minimum atomic E-state index is -0.455. The number of allylic oxidation sites excluding steroid dienone is 2. The minimum Gasteiger partial charge on any atom is -0.505 e. The van der Waals surface area contributed by atoms with Crippen LogP contribution in [0.2, 0.25) is 0 Å². The van der Waals surface area contributed by atoms with E-state index >= 15 is 0 Å². The number of Topliss-reactive ketones (excluding diaryl/α,β-unsaturated/α-hetero) is 1. The standard InChI is InChI=1S/C30H50O2/c1-19(2)10-9-11-20(3)21-14-16-30(8)23-12-13-25-27(4,5)26(32)24(31)18-28(25,6)22(23)15-17-29(21,30)7/h18-23,25,31H,9-17H2,1-8H3. The highest BCUT2D eigenvalue weighted by atomic mass is 16.3. The van der Waals surface area contributed by atoms with Crippen LogP contribution < -0.4 is 0 Å². The van der Waals surface area contributed by atoms with Crippen LogP contribution in [0.4, 0.5) is 0 Å². The smallest absolute Gasteiger partial charge is 0.202 e. The third-order valence-corrected chi connectivity index (χ3v) is 12.0. The van der Waals surface area contributed by atoms with Crippen molar-refractivity contribution in [3.8, 4) is 0 Å². The van der Waals surface area contributed by atoms with E-state index in [0.29, 0.717) is 28.6 Å². The first kappa shape index (κ1) is 24.3. The number of fused-ring (bicyclic) bond motifs is 5. The van der Waals surface area contributed by atoms with Gasteiger partial charge in [-0.05, 0) is 96.4 Å². The molecule has 2 heteroatoms. The molecule has 0 bridgehead atoms. The van der Waals surface area contributed by atoms with E-state index in [4.69, 9.17) is 0 Å². The fourth-order valence-electron chi connectivity index (χ4n) is 10.00. The first-order valence-electron chi connectivity index (χ1n) is 13.8. The molecule has 8 unspecified atom stereocenters. The van der Waals surface area contributed by atoms with Crippen molar-refractivity contribution >= 4 is 5.78 Å². The van der Waals surface area contributed by atoms with E-state index < -0.39 is 5.41 Å². The third-order valence-electron chi connectivity index (χ3n) is 12.0. The average Bonchev–Trinajstić information content (AvgIpc) is 2.97. The van der Waals surface area contributed by atoms with E-state index in [1.165, 1.54) is 51.4 Å². The zero-order valence-corrected chi connectivity index (χ0v) is 22.3. The molecule has 32 heavy (non-hydrogen) atoms. The monoisotopic (exact) mass is 442 g/mol. The molecule has 3 saturated carbocycles. The molecule has 2 nitrogen and oxygen atoms in total. The first-order valence-corrected chi connectivity index (χ1v) is 13.8. The number of aliphatic hydroxyl groups is 1. The van der Waals surface area contributed by atoms with Gasteiger partial charge < -0.3 is 5.11 Å². The lowest BCUT2D eigenvalue weighted by molar-refractivity contribution is -0.163. The maximum atomic E-state index is 12.8. The highest BCUT2D eigenvalue weighted by Gasteiger charge is 2.67. The second-order valence-corrected chi connectivity index (χ2v) is 14.1. The van der Waals surface area contributed by atoms with Crippen LogP contribution >= 0.6 is 0 Å². The first-order chi connectivity index (χ1) is 14.8. The van der Waals surface area contributed by atoms with E-state index in [2.05, 4.69) is 55.4 Å². The number of ketones is 1. The second-order valence-electron chi connectivity index (χ2n) is 14.1. The predicted molar refractivity (Wildman–Crippen MR) is 133 cm³/mol. The van der Waals surface area contributed by atoms with Gasteiger partial charge in [-0.2, -0.15) is 0 Å². The van der Waals surface area contributed by atoms with Gasteiger partial charge in [-0.1, -0.05) is 74.7 Å². The van der Waals surface area contributed by atoms with Gasteiger partial charge in [-0.15, -0.1) is 0 Å². The molecule has 0 heterocycles. The summed E-state index contributed by atoms with van der Waals surface area (Å²) >= 11 is 0. The van der Waals surface area contributed by atoms with E-state index in [9.17, 15) is 9.90 Å². The van der Waals surface area contributed by atoms with Gasteiger partial charge in [0, 0.05) is 5.41 Å². The topological polar surface area (TPSA) is 37.3 Å². The zero-order chi connectivity index (χ0) is 23.7. The largest absolute Gasteiger partial charge is 0.505 e. The summed E-state index contributed by atoms with van der Waals surface area (Å²) < 4.78 is 0. The summed E-state index contributed by atoms with van der Waals surface area (Å²) in [6.45, 7) is 19.1. The van der Waals surface area contributed by atoms with E-state index in [1.54, 1.807) is 0 Å². The number of carbonyl (C=O) groups excluding carboxylic acids is 1. The van der Waals surface area contributed by atoms with Crippen LogP contribution in [0, 0.1) is 57.2 Å². The summed E-state index contributed by atoms with van der Waals surface area (Å²) in [6.07, 6.45) is 13.8. The van der Waals surface area contributed by atoms with Crippen molar-refractivity contribution < 1.29 is 9.90 Å². The van der Waals surface area contributed by atoms with E-state index in [0.717, 1.165) is 24.2 Å². The molecule has 0 aromatic heterocycles. The van der Waals surface area contributed by atoms with Gasteiger partial charge >= 0.3 is 0 Å². The van der Waals surface area contributed by atoms with Gasteiger partial charge in [0.05, 0.1) is 0 Å². The van der Waals surface area contributed by atoms with Crippen LogP contribution in [0.25, 0.3) is 0 Å². The van der Waals surface area contributed by atoms with Crippen molar-refractivity contribution in [1.29, 1.82) is 0 Å². The molecule has 0 aromatic carbocycles. The molecular formula is C30H50O2. The molecule has 3 fully saturated rings. The highest BCUT2D eigenvalue weighted by molar-refractivity contribution is 5.98. The van der Waals surface area contributed by atoms with Crippen LogP contribution in [-0.4, -0.2) is 10.9 Å². The number of carbonyl (C=O) groups is 1. The SMILES string of the molecule is CC(C)CCCC(C)C1CCC2(C)C3CCC4C(C)(C)C(=O)C(O)=CC4(C)C3CCC12C. The third kappa shape index (κ3) is 3.28. The fourth-order valence-corrected chi connectivity index (χ4v) is 10.00. The lowest BCUT2D eigenvalue weighted by Crippen LogP contribution is -2.60. The van der Waals surface area contributed by atoms with Gasteiger partial charge in [0.15, 0.2) is 5.76 Å². The molecule has 8 atom stereocenters. The molecule has 0 saturated heterocycles. The second kappa shape index (κ2) is 7.88. The lowest BCUT2D eigenvalue weighted by atomic mass is 9.39. The van der Waals surface area contributed by atoms with Crippen LogP contribution in [0.5, 0.6) is 0 Å². The van der Waals surface area contributed by atoms with E-state index in [1.807, 2.05) is 6.08 Å². The van der Waals surface area contributed by atoms with Crippen molar-refractivity contribution in [3.63, 3.8) is 0 Å². The number of rotatable bonds is 5. The molecular weight excluding hydrogens is 392 g/mol. The number of aliphatic hydroxyl groups excluding tert-OH is 1. The molecule has 0 aliphatic heterocycles. The minimum absolute atomic E-state index is 0.0379. The maximum absolute atomic E-state index is 12.8. The zero-order valence-electron chi connectivity index (χ0n) is 22.3. The average molecular weight is 443 g/mol. The Morgan fingerprint density at radius 3 is 2.22 bits per heavy atom. The Bertz CT molecular complexity index is 778. The van der Waals surface area contributed by atoms with Crippen molar-refractivity contribution in [2.75, 3.05) is 0 Å². The van der Waals surface area contributed by atoms with Crippen LogP contribution in [0.1, 0.15) is 113 Å². The van der Waals surface area contributed by atoms with Gasteiger partial charge in [0.25, 0.3) is 0 Å². The van der Waals surface area contributed by atoms with E-state index in [-0.39, 0.29) is 17.0 Å². The highest BCUT2D eigenvalue weighted by Crippen LogP contribution is 2.74. The summed E-state index contributed by atoms with van der Waals surface area (Å²) in [7, 11) is 0. The lowest BCUT2D eigenvalue weighted by Gasteiger charge is -2.65. The van der Waals surface area contributed by atoms with Crippen molar-refractivity contribution in [1.82, 2.24) is 0 Å². The summed E-state index contributed by atoms with van der Waals surface area (Å²) in [5, 5.41) is 10.7. The van der Waals surface area contributed by atoms with Gasteiger partial charge in [0.2, 0.25) is 5.78 Å². The van der Waals surface area contributed by atoms with Crippen LogP contribution in [0.3, 0.4) is 0 Å². The number of hydrogen-bond acceptors (Lipinski definition) is 2. The molecule has 4 aliphatic rings. The Hall–Kier alpha value is -0.790. The summed E-state index contributed by atoms with van der Waals surface area (Å²) in [6, 6.07) is 0. The normalized spacial score (nSPS) is 46.3. The Labute approximate surface area is 198 Å². The summed E-state index contributed by atoms with van der Waals surface area (Å²) in [5.74, 6) is 4.12. The molecule has 1 N–H and O–H groups in total. The van der Waals surface area contributed by atoms with Gasteiger partial charge in [-0.3, -0.25) is 4.79 Å². The Kier molecular flexibility index (Phi) is 5.99. The Morgan fingerprint density at radius 2 is 1.56 bits per heavy atom. The van der Waals surface area contributed by atoms with Crippen LogP contribution in [0.15, 0.2) is 11.8 Å². The molecule has 4 aliphatic carbocycles. The molecule has 0 aromatic rings. The predicted octanol–water partition coefficient (Wildman–Crippen LogP) is 8.36. The molecule has 4 rings (SSSR count). The molecule has 0 amide bonds. The summed E-state index contributed by atoms with van der Waals surface area (Å²) in [4.78, 5) is 12.8. The Morgan fingerprint density at radius 1 is 0.906 bits per heavy atom. The Balaban J connectivity index is 1.61. The molecule has 182 valence electrons. The molecule has 0 radical (unpaired) electrons. The summed E-state index contributed by atoms with van der Waals surface area (Å²) in [5.41, 5.74) is 0.301. The maximum Gasteiger partial charge on any atom is 0.202 e. The van der Waals surface area contributed by atoms with Gasteiger partial charge in [0.1, 0.15) is 0 Å². The molecule has 0 spiro atoms. The van der Waals surface area contributed by atoms with Crippen molar-refractivity contribution in [2.45, 2.75) is 113 Å². The van der Waals surface area contributed by atoms with Crippen molar-refractivity contribution in [3.05, 3.63) is 11.8 Å². The fraction of sp³-hybridized carbons (Fsp3) is 0.900.